The van der Waals surface area contributed by atoms with Crippen molar-refractivity contribution in [2.24, 2.45) is 12.0 Å². The predicted octanol–water partition coefficient (Wildman–Crippen LogP) is 3.62. The summed E-state index contributed by atoms with van der Waals surface area (Å²) in [7, 11) is 3.58. The molecule has 1 N–H and O–H groups in total. The maximum atomic E-state index is 12.8. The SMILES string of the molecule is CN=C(NCc1cccc(C(F)(F)F)c1)N1CCC(c2cnn(C)c2)C1.I. The van der Waals surface area contributed by atoms with Crippen molar-refractivity contribution < 1.29 is 13.2 Å². The molecule has 1 fully saturated rings. The lowest BCUT2D eigenvalue weighted by molar-refractivity contribution is -0.137. The molecule has 0 radical (unpaired) electrons. The number of alkyl halides is 3. The maximum Gasteiger partial charge on any atom is 0.416 e. The molecule has 1 aliphatic rings. The van der Waals surface area contributed by atoms with E-state index in [0.717, 1.165) is 25.6 Å². The normalized spacial score (nSPS) is 17.7. The summed E-state index contributed by atoms with van der Waals surface area (Å²) >= 11 is 0. The molecule has 1 unspecified atom stereocenters. The fraction of sp³-hybridized carbons (Fsp3) is 0.444. The first kappa shape index (κ1) is 21.5. The van der Waals surface area contributed by atoms with Crippen molar-refractivity contribution in [2.45, 2.75) is 25.1 Å². The molecule has 0 spiro atoms. The van der Waals surface area contributed by atoms with Gasteiger partial charge >= 0.3 is 6.18 Å². The van der Waals surface area contributed by atoms with Crippen LogP contribution in [0.1, 0.15) is 29.0 Å². The molecular weight excluding hydrogens is 470 g/mol. The molecule has 0 bridgehead atoms. The third kappa shape index (κ3) is 5.36. The molecule has 0 aliphatic carbocycles. The molecule has 1 aromatic carbocycles. The Morgan fingerprint density at radius 3 is 2.78 bits per heavy atom. The second kappa shape index (κ2) is 8.94. The van der Waals surface area contributed by atoms with E-state index in [-0.39, 0.29) is 24.0 Å². The fourth-order valence-corrected chi connectivity index (χ4v) is 3.25. The van der Waals surface area contributed by atoms with E-state index in [1.807, 2.05) is 19.4 Å². The Morgan fingerprint density at radius 1 is 1.37 bits per heavy atom. The summed E-state index contributed by atoms with van der Waals surface area (Å²) in [6, 6.07) is 5.36. The summed E-state index contributed by atoms with van der Waals surface area (Å²) < 4.78 is 40.3. The van der Waals surface area contributed by atoms with E-state index in [1.165, 1.54) is 17.7 Å². The van der Waals surface area contributed by atoms with Gasteiger partial charge < -0.3 is 10.2 Å². The van der Waals surface area contributed by atoms with Gasteiger partial charge in [0.1, 0.15) is 0 Å². The van der Waals surface area contributed by atoms with Gasteiger partial charge in [-0.2, -0.15) is 18.3 Å². The predicted molar refractivity (Wildman–Crippen MR) is 109 cm³/mol. The molecule has 0 saturated carbocycles. The highest BCUT2D eigenvalue weighted by molar-refractivity contribution is 14.0. The molecule has 1 aliphatic heterocycles. The number of guanidine groups is 1. The molecule has 27 heavy (non-hydrogen) atoms. The third-order valence-corrected chi connectivity index (χ3v) is 4.60. The second-order valence-corrected chi connectivity index (χ2v) is 6.48. The van der Waals surface area contributed by atoms with Crippen LogP contribution in [0.5, 0.6) is 0 Å². The van der Waals surface area contributed by atoms with Crippen molar-refractivity contribution in [1.29, 1.82) is 0 Å². The largest absolute Gasteiger partial charge is 0.416 e. The van der Waals surface area contributed by atoms with Crippen molar-refractivity contribution in [3.63, 3.8) is 0 Å². The van der Waals surface area contributed by atoms with Crippen LogP contribution >= 0.6 is 24.0 Å². The van der Waals surface area contributed by atoms with E-state index in [1.54, 1.807) is 17.8 Å². The molecule has 1 saturated heterocycles. The summed E-state index contributed by atoms with van der Waals surface area (Å²) in [4.78, 5) is 6.41. The Morgan fingerprint density at radius 2 is 2.15 bits per heavy atom. The Hall–Kier alpha value is -1.78. The van der Waals surface area contributed by atoms with Gasteiger partial charge in [0.2, 0.25) is 0 Å². The molecular formula is C18H23F3IN5. The number of nitrogens with zero attached hydrogens (tertiary/aromatic N) is 4. The van der Waals surface area contributed by atoms with Gasteiger partial charge in [0.05, 0.1) is 11.8 Å². The Bertz CT molecular complexity index is 787. The van der Waals surface area contributed by atoms with Gasteiger partial charge in [0.25, 0.3) is 0 Å². The molecule has 2 aromatic rings. The van der Waals surface area contributed by atoms with Crippen LogP contribution in [0.3, 0.4) is 0 Å². The van der Waals surface area contributed by atoms with Gasteiger partial charge in [-0.15, -0.1) is 24.0 Å². The van der Waals surface area contributed by atoms with Crippen LogP contribution in [-0.2, 0) is 19.8 Å². The van der Waals surface area contributed by atoms with E-state index >= 15 is 0 Å². The first-order valence-corrected chi connectivity index (χ1v) is 8.47. The van der Waals surface area contributed by atoms with E-state index < -0.39 is 11.7 Å². The summed E-state index contributed by atoms with van der Waals surface area (Å²) in [6.07, 6.45) is 0.569. The fourth-order valence-electron chi connectivity index (χ4n) is 3.25. The van der Waals surface area contributed by atoms with E-state index in [0.29, 0.717) is 24.0 Å². The van der Waals surface area contributed by atoms with Crippen LogP contribution in [0.2, 0.25) is 0 Å². The van der Waals surface area contributed by atoms with Crippen LogP contribution in [0.15, 0.2) is 41.7 Å². The number of rotatable bonds is 3. The smallest absolute Gasteiger partial charge is 0.352 e. The summed E-state index contributed by atoms with van der Waals surface area (Å²) in [5, 5.41) is 7.39. The highest BCUT2D eigenvalue weighted by Gasteiger charge is 2.30. The molecule has 9 heteroatoms. The second-order valence-electron chi connectivity index (χ2n) is 6.48. The number of hydrogen-bond donors (Lipinski definition) is 1. The average Bonchev–Trinajstić information content (AvgIpc) is 3.24. The summed E-state index contributed by atoms with van der Waals surface area (Å²) in [5.41, 5.74) is 1.14. The number of aryl methyl sites for hydroxylation is 1. The molecule has 0 amide bonds. The Labute approximate surface area is 173 Å². The molecule has 1 atom stereocenters. The van der Waals surface area contributed by atoms with Crippen LogP contribution in [-0.4, -0.2) is 40.8 Å². The van der Waals surface area contributed by atoms with Gasteiger partial charge in [0.15, 0.2) is 5.96 Å². The lowest BCUT2D eigenvalue weighted by atomic mass is 10.0. The zero-order valence-corrected chi connectivity index (χ0v) is 17.5. The lowest BCUT2D eigenvalue weighted by Crippen LogP contribution is -2.39. The zero-order chi connectivity index (χ0) is 18.7. The van der Waals surface area contributed by atoms with Gasteiger partial charge in [0, 0.05) is 45.8 Å². The minimum atomic E-state index is -4.33. The number of nitrogens with one attached hydrogen (secondary N) is 1. The molecule has 5 nitrogen and oxygen atoms in total. The minimum absolute atomic E-state index is 0. The Kier molecular flexibility index (Phi) is 7.12. The average molecular weight is 493 g/mol. The van der Waals surface area contributed by atoms with Crippen molar-refractivity contribution >= 4 is 29.9 Å². The van der Waals surface area contributed by atoms with Gasteiger partial charge in [-0.25, -0.2) is 0 Å². The molecule has 2 heterocycles. The molecule has 3 rings (SSSR count). The standard InChI is InChI=1S/C18H22F3N5.HI/c1-22-17(23-9-13-4-3-5-16(8-13)18(19,20)21)26-7-6-14(12-26)15-10-24-25(2)11-15;/h3-5,8,10-11,14H,6-7,9,12H2,1-2H3,(H,22,23);1H. The first-order chi connectivity index (χ1) is 12.4. The number of likely N-dealkylation sites (tertiary alicyclic amines) is 1. The van der Waals surface area contributed by atoms with Crippen molar-refractivity contribution in [2.75, 3.05) is 20.1 Å². The monoisotopic (exact) mass is 493 g/mol. The van der Waals surface area contributed by atoms with Gasteiger partial charge in [-0.3, -0.25) is 9.67 Å². The van der Waals surface area contributed by atoms with Gasteiger partial charge in [-0.1, -0.05) is 12.1 Å². The quantitative estimate of drug-likeness (QED) is 0.404. The number of benzene rings is 1. The van der Waals surface area contributed by atoms with Gasteiger partial charge in [-0.05, 0) is 29.7 Å². The number of hydrogen-bond acceptors (Lipinski definition) is 2. The van der Waals surface area contributed by atoms with E-state index in [9.17, 15) is 13.2 Å². The Balaban J connectivity index is 0.00000261. The summed E-state index contributed by atoms with van der Waals surface area (Å²) in [5.74, 6) is 1.09. The van der Waals surface area contributed by atoms with Crippen molar-refractivity contribution in [1.82, 2.24) is 20.0 Å². The van der Waals surface area contributed by atoms with E-state index in [4.69, 9.17) is 0 Å². The summed E-state index contributed by atoms with van der Waals surface area (Å²) in [6.45, 7) is 1.96. The third-order valence-electron chi connectivity index (χ3n) is 4.60. The van der Waals surface area contributed by atoms with Crippen LogP contribution < -0.4 is 5.32 Å². The highest BCUT2D eigenvalue weighted by Crippen LogP contribution is 2.30. The molecule has 148 valence electrons. The highest BCUT2D eigenvalue weighted by atomic mass is 127. The number of aromatic nitrogens is 2. The number of aliphatic imine (C=N–C) groups is 1. The zero-order valence-electron chi connectivity index (χ0n) is 15.2. The van der Waals surface area contributed by atoms with Crippen molar-refractivity contribution in [3.8, 4) is 0 Å². The topological polar surface area (TPSA) is 45.5 Å². The van der Waals surface area contributed by atoms with E-state index in [2.05, 4.69) is 20.3 Å². The van der Waals surface area contributed by atoms with Crippen LogP contribution in [0.4, 0.5) is 13.2 Å². The maximum absolute atomic E-state index is 12.8. The van der Waals surface area contributed by atoms with Crippen LogP contribution in [0, 0.1) is 0 Å². The minimum Gasteiger partial charge on any atom is -0.352 e. The van der Waals surface area contributed by atoms with Crippen LogP contribution in [0.25, 0.3) is 0 Å². The van der Waals surface area contributed by atoms with Crippen molar-refractivity contribution in [3.05, 3.63) is 53.3 Å². The lowest BCUT2D eigenvalue weighted by Gasteiger charge is -2.22. The first-order valence-electron chi connectivity index (χ1n) is 8.47. The number of halogens is 4. The molecule has 1 aromatic heterocycles.